The van der Waals surface area contributed by atoms with Gasteiger partial charge in [0.25, 0.3) is 6.43 Å². The summed E-state index contributed by atoms with van der Waals surface area (Å²) in [6, 6.07) is 0. The largest absolute Gasteiger partial charge is 0.381 e. The second-order valence-corrected chi connectivity index (χ2v) is 2.67. The van der Waals surface area contributed by atoms with E-state index >= 15 is 0 Å². The maximum absolute atomic E-state index is 12.0. The number of rotatable bonds is 2. The molecule has 0 amide bonds. The van der Waals surface area contributed by atoms with Crippen LogP contribution in [0.2, 0.25) is 5.15 Å². The van der Waals surface area contributed by atoms with Gasteiger partial charge in [0, 0.05) is 7.05 Å². The number of nitrogens with zero attached hydrogens (tertiary/aromatic N) is 2. The predicted octanol–water partition coefficient (Wildman–Crippen LogP) is 1.37. The molecule has 0 radical (unpaired) electrons. The maximum Gasteiger partial charge on any atom is 0.269 e. The van der Waals surface area contributed by atoms with Crippen LogP contribution < -0.4 is 0 Å². The van der Waals surface area contributed by atoms with Gasteiger partial charge >= 0.3 is 0 Å². The van der Waals surface area contributed by atoms with E-state index in [4.69, 9.17) is 16.7 Å². The van der Waals surface area contributed by atoms with Crippen LogP contribution in [0.1, 0.15) is 11.8 Å². The van der Waals surface area contributed by atoms with Crippen molar-refractivity contribution < 1.29 is 13.9 Å². The van der Waals surface area contributed by atoms with Crippen molar-refractivity contribution in [1.29, 1.82) is 0 Å². The lowest BCUT2D eigenvalue weighted by Gasteiger charge is -2.09. The normalized spacial score (nSPS) is 13.8. The number of hydrogen-bond acceptors (Lipinski definition) is 2. The van der Waals surface area contributed by atoms with E-state index in [9.17, 15) is 8.78 Å². The van der Waals surface area contributed by atoms with Gasteiger partial charge in [-0.3, -0.25) is 0 Å². The highest BCUT2D eigenvalue weighted by Crippen LogP contribution is 2.25. The zero-order valence-electron chi connectivity index (χ0n) is 6.21. The summed E-state index contributed by atoms with van der Waals surface area (Å²) in [4.78, 5) is 3.55. The fourth-order valence-electron chi connectivity index (χ4n) is 0.861. The van der Waals surface area contributed by atoms with Crippen LogP contribution in [0, 0.1) is 0 Å². The minimum Gasteiger partial charge on any atom is -0.381 e. The van der Waals surface area contributed by atoms with Crippen molar-refractivity contribution in [3.05, 3.63) is 17.2 Å². The van der Waals surface area contributed by atoms with Gasteiger partial charge in [0.1, 0.15) is 0 Å². The van der Waals surface area contributed by atoms with E-state index < -0.39 is 12.5 Å². The first-order valence-electron chi connectivity index (χ1n) is 3.17. The van der Waals surface area contributed by atoms with Gasteiger partial charge in [0.15, 0.2) is 11.3 Å². The minimum atomic E-state index is -2.85. The second kappa shape index (κ2) is 3.37. The quantitative estimate of drug-likeness (QED) is 0.776. The molecule has 1 aromatic heterocycles. The molecule has 0 saturated carbocycles. The average Bonchev–Trinajstić information content (AvgIpc) is 2.30. The van der Waals surface area contributed by atoms with Crippen LogP contribution in [0.4, 0.5) is 8.78 Å². The van der Waals surface area contributed by atoms with Crippen molar-refractivity contribution >= 4 is 11.6 Å². The summed E-state index contributed by atoms with van der Waals surface area (Å²) >= 11 is 5.46. The predicted molar refractivity (Wildman–Crippen MR) is 39.2 cm³/mol. The Kier molecular flexibility index (Phi) is 2.64. The molecule has 0 aliphatic heterocycles. The maximum atomic E-state index is 12.0. The molecule has 0 aromatic carbocycles. The van der Waals surface area contributed by atoms with E-state index in [0.29, 0.717) is 0 Å². The number of aromatic nitrogens is 2. The summed E-state index contributed by atoms with van der Waals surface area (Å²) < 4.78 is 25.3. The third-order valence-electron chi connectivity index (χ3n) is 1.45. The minimum absolute atomic E-state index is 0.0633. The highest BCUT2D eigenvalue weighted by Gasteiger charge is 2.24. The van der Waals surface area contributed by atoms with Gasteiger partial charge in [-0.2, -0.15) is 0 Å². The molecule has 0 bridgehead atoms. The Morgan fingerprint density at radius 1 is 1.67 bits per heavy atom. The Morgan fingerprint density at radius 3 is 2.58 bits per heavy atom. The van der Waals surface area contributed by atoms with E-state index in [1.165, 1.54) is 17.9 Å². The molecule has 0 fully saturated rings. The third-order valence-corrected chi connectivity index (χ3v) is 1.75. The fourth-order valence-corrected chi connectivity index (χ4v) is 1.15. The van der Waals surface area contributed by atoms with Gasteiger partial charge in [-0.1, -0.05) is 11.6 Å². The zero-order valence-corrected chi connectivity index (χ0v) is 6.96. The molecule has 1 aromatic rings. The topological polar surface area (TPSA) is 38.0 Å². The monoisotopic (exact) mass is 196 g/mol. The zero-order chi connectivity index (χ0) is 9.30. The molecule has 1 N–H and O–H groups in total. The summed E-state index contributed by atoms with van der Waals surface area (Å²) in [7, 11) is 1.49. The number of aryl methyl sites for hydroxylation is 1. The van der Waals surface area contributed by atoms with Crippen LogP contribution >= 0.6 is 11.6 Å². The number of aliphatic hydroxyl groups is 1. The number of imidazole rings is 1. The second-order valence-electron chi connectivity index (χ2n) is 2.31. The molecule has 1 heterocycles. The van der Waals surface area contributed by atoms with E-state index in [-0.39, 0.29) is 10.8 Å². The highest BCUT2D eigenvalue weighted by molar-refractivity contribution is 6.30. The van der Waals surface area contributed by atoms with Crippen LogP contribution in [0.15, 0.2) is 6.33 Å². The fraction of sp³-hybridized carbons (Fsp3) is 0.500. The lowest BCUT2D eigenvalue weighted by Crippen LogP contribution is -2.12. The number of halogens is 3. The highest BCUT2D eigenvalue weighted by atomic mass is 35.5. The average molecular weight is 197 g/mol. The van der Waals surface area contributed by atoms with Gasteiger partial charge in [0.2, 0.25) is 0 Å². The lowest BCUT2D eigenvalue weighted by atomic mass is 10.3. The molecule has 0 saturated heterocycles. The smallest absolute Gasteiger partial charge is 0.269 e. The Balaban J connectivity index is 3.00. The molecular weight excluding hydrogens is 190 g/mol. The van der Waals surface area contributed by atoms with Gasteiger partial charge < -0.3 is 9.67 Å². The standard InChI is InChI=1S/C6H7ClF2N2O/c1-11-2-10-5(7)3(11)4(12)6(8)9/h2,4,6,12H,1H3. The van der Waals surface area contributed by atoms with Crippen molar-refractivity contribution in [2.75, 3.05) is 0 Å². The molecule has 0 aliphatic carbocycles. The van der Waals surface area contributed by atoms with Crippen LogP contribution in [0.25, 0.3) is 0 Å². The Labute approximate surface area is 72.6 Å². The number of hydrogen-bond donors (Lipinski definition) is 1. The van der Waals surface area contributed by atoms with Crippen LogP contribution in [0.3, 0.4) is 0 Å². The SMILES string of the molecule is Cn1cnc(Cl)c1C(O)C(F)F. The van der Waals surface area contributed by atoms with Crippen LogP contribution in [-0.2, 0) is 7.05 Å². The number of aliphatic hydroxyl groups excluding tert-OH is 1. The van der Waals surface area contributed by atoms with E-state index in [1.54, 1.807) is 0 Å². The van der Waals surface area contributed by atoms with Crippen LogP contribution in [0.5, 0.6) is 0 Å². The van der Waals surface area contributed by atoms with Gasteiger partial charge in [0.05, 0.1) is 12.0 Å². The van der Waals surface area contributed by atoms with Gasteiger partial charge in [-0.15, -0.1) is 0 Å². The Morgan fingerprint density at radius 2 is 2.25 bits per heavy atom. The first-order chi connectivity index (χ1) is 5.54. The summed E-state index contributed by atoms with van der Waals surface area (Å²) in [6.07, 6.45) is -3.45. The Hall–Kier alpha value is -0.680. The molecule has 3 nitrogen and oxygen atoms in total. The Bertz CT molecular complexity index is 257. The van der Waals surface area contributed by atoms with Crippen molar-refractivity contribution in [2.45, 2.75) is 12.5 Å². The molecule has 12 heavy (non-hydrogen) atoms. The summed E-state index contributed by atoms with van der Waals surface area (Å²) in [5, 5.41) is 8.86. The van der Waals surface area contributed by atoms with E-state index in [2.05, 4.69) is 4.98 Å². The third kappa shape index (κ3) is 1.56. The molecule has 1 rings (SSSR count). The van der Waals surface area contributed by atoms with Crippen molar-refractivity contribution in [1.82, 2.24) is 9.55 Å². The molecule has 0 spiro atoms. The molecule has 6 heteroatoms. The first kappa shape index (κ1) is 9.41. The summed E-state index contributed by atoms with van der Waals surface area (Å²) in [6.45, 7) is 0. The van der Waals surface area contributed by atoms with Crippen molar-refractivity contribution in [2.24, 2.45) is 7.05 Å². The van der Waals surface area contributed by atoms with E-state index in [1.807, 2.05) is 0 Å². The lowest BCUT2D eigenvalue weighted by molar-refractivity contribution is -0.00968. The van der Waals surface area contributed by atoms with Gasteiger partial charge in [-0.05, 0) is 0 Å². The number of alkyl halides is 2. The molecule has 68 valence electrons. The molecule has 0 aliphatic rings. The van der Waals surface area contributed by atoms with E-state index in [0.717, 1.165) is 0 Å². The summed E-state index contributed by atoms with van der Waals surface area (Å²) in [5.74, 6) is 0. The molecule has 1 atom stereocenters. The first-order valence-corrected chi connectivity index (χ1v) is 3.54. The summed E-state index contributed by atoms with van der Waals surface area (Å²) in [5.41, 5.74) is -0.0633. The molecular formula is C6H7ClF2N2O. The van der Waals surface area contributed by atoms with Crippen LogP contribution in [-0.4, -0.2) is 21.1 Å². The van der Waals surface area contributed by atoms with Gasteiger partial charge in [-0.25, -0.2) is 13.8 Å². The van der Waals surface area contributed by atoms with Crippen molar-refractivity contribution in [3.8, 4) is 0 Å². The molecule has 1 unspecified atom stereocenters. The van der Waals surface area contributed by atoms with Crippen molar-refractivity contribution in [3.63, 3.8) is 0 Å².